The second kappa shape index (κ2) is 6.90. The lowest BCUT2D eigenvalue weighted by Crippen LogP contribution is -2.43. The van der Waals surface area contributed by atoms with Gasteiger partial charge in [-0.25, -0.2) is 0 Å². The van der Waals surface area contributed by atoms with Gasteiger partial charge in [0, 0.05) is 18.5 Å². The SMILES string of the molecule is CN(C)CCn1ncc(Cl)c1C(=O)CC1(N)CCCCC1. The number of carbonyl (C=O) groups is 1. The Morgan fingerprint density at radius 1 is 1.43 bits per heavy atom. The molecule has 0 saturated heterocycles. The topological polar surface area (TPSA) is 64.2 Å². The predicted octanol–water partition coefficient (Wildman–Crippen LogP) is 2.33. The number of hydrogen-bond acceptors (Lipinski definition) is 4. The zero-order valence-corrected chi connectivity index (χ0v) is 13.7. The fraction of sp³-hybridized carbons (Fsp3) is 0.733. The molecular formula is C15H25ClN4O. The van der Waals surface area contributed by atoms with Gasteiger partial charge in [0.1, 0.15) is 5.69 Å². The first kappa shape index (κ1) is 16.5. The summed E-state index contributed by atoms with van der Waals surface area (Å²) in [5.41, 5.74) is 6.53. The highest BCUT2D eigenvalue weighted by molar-refractivity contribution is 6.33. The molecule has 0 bridgehead atoms. The normalized spacial score (nSPS) is 18.1. The van der Waals surface area contributed by atoms with E-state index in [0.29, 0.717) is 23.7 Å². The van der Waals surface area contributed by atoms with Gasteiger partial charge in [-0.1, -0.05) is 30.9 Å². The first-order valence-corrected chi connectivity index (χ1v) is 7.97. The largest absolute Gasteiger partial charge is 0.325 e. The van der Waals surface area contributed by atoms with E-state index in [9.17, 15) is 4.79 Å². The summed E-state index contributed by atoms with van der Waals surface area (Å²) in [4.78, 5) is 14.7. The Labute approximate surface area is 131 Å². The maximum absolute atomic E-state index is 12.6. The van der Waals surface area contributed by atoms with Crippen molar-refractivity contribution in [3.8, 4) is 0 Å². The molecule has 0 unspecified atom stereocenters. The number of rotatable bonds is 6. The summed E-state index contributed by atoms with van der Waals surface area (Å²) in [6, 6.07) is 0. The summed E-state index contributed by atoms with van der Waals surface area (Å²) in [5, 5.41) is 4.65. The predicted molar refractivity (Wildman–Crippen MR) is 84.7 cm³/mol. The minimum atomic E-state index is -0.366. The third-order valence-corrected chi connectivity index (χ3v) is 4.46. The van der Waals surface area contributed by atoms with Crippen molar-refractivity contribution in [1.82, 2.24) is 14.7 Å². The molecule has 1 aromatic rings. The van der Waals surface area contributed by atoms with Gasteiger partial charge in [-0.2, -0.15) is 5.10 Å². The molecule has 0 atom stereocenters. The molecule has 0 spiro atoms. The Hall–Kier alpha value is -0.910. The molecule has 5 nitrogen and oxygen atoms in total. The molecule has 1 fully saturated rings. The van der Waals surface area contributed by atoms with Gasteiger partial charge in [0.2, 0.25) is 0 Å². The molecule has 1 aromatic heterocycles. The molecule has 0 aromatic carbocycles. The molecule has 0 radical (unpaired) electrons. The maximum atomic E-state index is 12.6. The van der Waals surface area contributed by atoms with E-state index in [1.165, 1.54) is 6.42 Å². The monoisotopic (exact) mass is 312 g/mol. The fourth-order valence-electron chi connectivity index (χ4n) is 2.94. The van der Waals surface area contributed by atoms with Crippen molar-refractivity contribution in [2.45, 2.75) is 50.6 Å². The van der Waals surface area contributed by atoms with Gasteiger partial charge < -0.3 is 10.6 Å². The number of nitrogens with two attached hydrogens (primary N) is 1. The summed E-state index contributed by atoms with van der Waals surface area (Å²) in [5.74, 6) is 0.0145. The number of hydrogen-bond donors (Lipinski definition) is 1. The Morgan fingerprint density at radius 3 is 2.71 bits per heavy atom. The summed E-state index contributed by atoms with van der Waals surface area (Å²) < 4.78 is 1.71. The van der Waals surface area contributed by atoms with Crippen LogP contribution in [-0.4, -0.2) is 46.6 Å². The molecule has 1 saturated carbocycles. The van der Waals surface area contributed by atoms with Crippen molar-refractivity contribution in [2.24, 2.45) is 5.73 Å². The standard InChI is InChI=1S/C15H25ClN4O/c1-19(2)8-9-20-14(12(16)11-18-20)13(21)10-15(17)6-4-3-5-7-15/h11H,3-10,17H2,1-2H3. The molecule has 6 heteroatoms. The summed E-state index contributed by atoms with van der Waals surface area (Å²) >= 11 is 6.16. The number of halogens is 1. The number of Topliss-reactive ketones (excluding diaryl/α,β-unsaturated/α-hetero) is 1. The molecule has 2 rings (SSSR count). The summed E-state index contributed by atoms with van der Waals surface area (Å²) in [7, 11) is 3.98. The number of nitrogens with zero attached hydrogens (tertiary/aromatic N) is 3. The summed E-state index contributed by atoms with van der Waals surface area (Å²) in [6.45, 7) is 1.46. The third kappa shape index (κ3) is 4.28. The van der Waals surface area contributed by atoms with Crippen LogP contribution in [0.1, 0.15) is 49.0 Å². The first-order chi connectivity index (χ1) is 9.91. The van der Waals surface area contributed by atoms with Crippen molar-refractivity contribution in [1.29, 1.82) is 0 Å². The van der Waals surface area contributed by atoms with Crippen LogP contribution in [-0.2, 0) is 6.54 Å². The molecule has 1 aliphatic rings. The van der Waals surface area contributed by atoms with Crippen LogP contribution in [0.4, 0.5) is 0 Å². The lowest BCUT2D eigenvalue weighted by molar-refractivity contribution is 0.0923. The third-order valence-electron chi connectivity index (χ3n) is 4.18. The van der Waals surface area contributed by atoms with E-state index in [-0.39, 0.29) is 11.3 Å². The molecule has 1 aliphatic carbocycles. The molecule has 0 aliphatic heterocycles. The molecule has 0 amide bonds. The maximum Gasteiger partial charge on any atom is 0.184 e. The van der Waals surface area contributed by atoms with E-state index in [1.54, 1.807) is 10.9 Å². The van der Waals surface area contributed by atoms with E-state index < -0.39 is 0 Å². The minimum absolute atomic E-state index is 0.0145. The van der Waals surface area contributed by atoms with Gasteiger partial charge in [-0.05, 0) is 26.9 Å². The Morgan fingerprint density at radius 2 is 2.10 bits per heavy atom. The molecule has 1 heterocycles. The van der Waals surface area contributed by atoms with E-state index in [2.05, 4.69) is 10.00 Å². The number of ketones is 1. The van der Waals surface area contributed by atoms with Gasteiger partial charge in [0.05, 0.1) is 17.8 Å². The van der Waals surface area contributed by atoms with Crippen LogP contribution in [0.25, 0.3) is 0 Å². The van der Waals surface area contributed by atoms with Crippen LogP contribution in [0.15, 0.2) is 6.20 Å². The molecular weight excluding hydrogens is 288 g/mol. The van der Waals surface area contributed by atoms with Crippen molar-refractivity contribution >= 4 is 17.4 Å². The second-order valence-electron chi connectivity index (χ2n) is 6.39. The highest BCUT2D eigenvalue weighted by Gasteiger charge is 2.32. The van der Waals surface area contributed by atoms with E-state index in [0.717, 1.165) is 32.2 Å². The van der Waals surface area contributed by atoms with Crippen molar-refractivity contribution in [3.63, 3.8) is 0 Å². The van der Waals surface area contributed by atoms with Gasteiger partial charge in [0.25, 0.3) is 0 Å². The molecule has 2 N–H and O–H groups in total. The average molecular weight is 313 g/mol. The zero-order valence-electron chi connectivity index (χ0n) is 12.9. The Bertz CT molecular complexity index is 492. The van der Waals surface area contributed by atoms with Crippen molar-refractivity contribution in [3.05, 3.63) is 16.9 Å². The quantitative estimate of drug-likeness (QED) is 0.819. The molecule has 118 valence electrons. The second-order valence-corrected chi connectivity index (χ2v) is 6.80. The highest BCUT2D eigenvalue weighted by atomic mass is 35.5. The van der Waals surface area contributed by atoms with Crippen LogP contribution in [0, 0.1) is 0 Å². The molecule has 21 heavy (non-hydrogen) atoms. The highest BCUT2D eigenvalue weighted by Crippen LogP contribution is 2.30. The van der Waals surface area contributed by atoms with Crippen molar-refractivity contribution in [2.75, 3.05) is 20.6 Å². The van der Waals surface area contributed by atoms with Gasteiger partial charge in [-0.3, -0.25) is 9.48 Å². The lowest BCUT2D eigenvalue weighted by Gasteiger charge is -2.32. The smallest absolute Gasteiger partial charge is 0.184 e. The van der Waals surface area contributed by atoms with Gasteiger partial charge in [0.15, 0.2) is 5.78 Å². The van der Waals surface area contributed by atoms with Crippen LogP contribution in [0.3, 0.4) is 0 Å². The average Bonchev–Trinajstić information content (AvgIpc) is 2.78. The lowest BCUT2D eigenvalue weighted by atomic mass is 9.79. The van der Waals surface area contributed by atoms with Crippen LogP contribution in [0.5, 0.6) is 0 Å². The van der Waals surface area contributed by atoms with Crippen LogP contribution in [0.2, 0.25) is 5.02 Å². The Kier molecular flexibility index (Phi) is 5.41. The zero-order chi connectivity index (χ0) is 15.5. The minimum Gasteiger partial charge on any atom is -0.325 e. The van der Waals surface area contributed by atoms with Crippen LogP contribution < -0.4 is 5.73 Å². The van der Waals surface area contributed by atoms with Gasteiger partial charge >= 0.3 is 0 Å². The van der Waals surface area contributed by atoms with E-state index in [1.807, 2.05) is 14.1 Å². The Balaban J connectivity index is 2.09. The number of carbonyl (C=O) groups excluding carboxylic acids is 1. The number of likely N-dealkylation sites (N-methyl/N-ethyl adjacent to an activating group) is 1. The first-order valence-electron chi connectivity index (χ1n) is 7.59. The van der Waals surface area contributed by atoms with Gasteiger partial charge in [-0.15, -0.1) is 0 Å². The number of aromatic nitrogens is 2. The van der Waals surface area contributed by atoms with Crippen molar-refractivity contribution < 1.29 is 4.79 Å². The fourth-order valence-corrected chi connectivity index (χ4v) is 3.19. The summed E-state index contributed by atoms with van der Waals surface area (Å²) in [6.07, 6.45) is 7.18. The van der Waals surface area contributed by atoms with E-state index >= 15 is 0 Å². The van der Waals surface area contributed by atoms with E-state index in [4.69, 9.17) is 17.3 Å². The van der Waals surface area contributed by atoms with Crippen LogP contribution >= 0.6 is 11.6 Å².